The molecule has 108 valence electrons. The second-order valence-corrected chi connectivity index (χ2v) is 7.80. The van der Waals surface area contributed by atoms with Gasteiger partial charge in [-0.2, -0.15) is 0 Å². The van der Waals surface area contributed by atoms with Crippen molar-refractivity contribution >= 4 is 47.0 Å². The number of hydrogen-bond acceptors (Lipinski definition) is 8. The van der Waals surface area contributed by atoms with Gasteiger partial charge >= 0.3 is 0 Å². The largest absolute Gasteiger partial charge is 0.396 e. The summed E-state index contributed by atoms with van der Waals surface area (Å²) in [6.45, 7) is 0.430. The van der Waals surface area contributed by atoms with Crippen molar-refractivity contribution in [2.24, 2.45) is 0 Å². The first-order valence-electron chi connectivity index (χ1n) is 5.49. The van der Waals surface area contributed by atoms with Gasteiger partial charge in [0, 0.05) is 23.0 Å². The fourth-order valence-corrected chi connectivity index (χ4v) is 5.53. The van der Waals surface area contributed by atoms with Crippen LogP contribution in [-0.4, -0.2) is 69.9 Å². The number of thioether (sulfide) groups is 4. The maximum absolute atomic E-state index is 8.88. The molecule has 0 rings (SSSR count). The lowest BCUT2D eigenvalue weighted by molar-refractivity contribution is 0.322. The molecule has 0 saturated carbocycles. The maximum atomic E-state index is 8.88. The minimum absolute atomic E-state index is 0.108. The van der Waals surface area contributed by atoms with Crippen molar-refractivity contribution in [3.8, 4) is 0 Å². The van der Waals surface area contributed by atoms with E-state index in [-0.39, 0.29) is 26.4 Å². The first-order chi connectivity index (χ1) is 8.79. The predicted octanol–water partition coefficient (Wildman–Crippen LogP) is 1.01. The molecule has 4 nitrogen and oxygen atoms in total. The maximum Gasteiger partial charge on any atom is 0.0604 e. The Morgan fingerprint density at radius 3 is 0.889 bits per heavy atom. The molecule has 0 atom stereocenters. The molecular weight excluding hydrogens is 312 g/mol. The zero-order valence-electron chi connectivity index (χ0n) is 10.1. The van der Waals surface area contributed by atoms with E-state index in [1.54, 1.807) is 47.0 Å². The highest BCUT2D eigenvalue weighted by molar-refractivity contribution is 8.28. The number of hydrogen-bond donors (Lipinski definition) is 4. The minimum atomic E-state index is 0.108. The van der Waals surface area contributed by atoms with Crippen molar-refractivity contribution in [2.75, 3.05) is 49.4 Å². The number of aliphatic hydroxyl groups excluding tert-OH is 4. The Morgan fingerprint density at radius 1 is 0.500 bits per heavy atom. The van der Waals surface area contributed by atoms with Gasteiger partial charge in [-0.1, -0.05) is 0 Å². The lowest BCUT2D eigenvalue weighted by Gasteiger charge is -2.12. The van der Waals surface area contributed by atoms with Gasteiger partial charge in [0.15, 0.2) is 0 Å². The SMILES string of the molecule is OCCSC(SCCO)=C(SCCO)SCCO. The van der Waals surface area contributed by atoms with Crippen LogP contribution in [0.5, 0.6) is 0 Å². The Hall–Kier alpha value is 0.980. The van der Waals surface area contributed by atoms with Crippen molar-refractivity contribution in [3.05, 3.63) is 8.47 Å². The Bertz CT molecular complexity index is 184. The van der Waals surface area contributed by atoms with Crippen LogP contribution in [0.25, 0.3) is 0 Å². The molecule has 0 radical (unpaired) electrons. The Morgan fingerprint density at radius 2 is 0.722 bits per heavy atom. The van der Waals surface area contributed by atoms with Gasteiger partial charge in [-0.25, -0.2) is 0 Å². The zero-order valence-corrected chi connectivity index (χ0v) is 13.3. The smallest absolute Gasteiger partial charge is 0.0604 e. The average molecular weight is 333 g/mol. The van der Waals surface area contributed by atoms with E-state index in [9.17, 15) is 0 Å². The number of rotatable bonds is 12. The van der Waals surface area contributed by atoms with Crippen LogP contribution in [-0.2, 0) is 0 Å². The summed E-state index contributed by atoms with van der Waals surface area (Å²) in [4.78, 5) is 0. The summed E-state index contributed by atoms with van der Waals surface area (Å²) in [5, 5.41) is 35.5. The second kappa shape index (κ2) is 14.4. The van der Waals surface area contributed by atoms with Gasteiger partial charge < -0.3 is 20.4 Å². The third kappa shape index (κ3) is 9.85. The molecule has 0 fully saturated rings. The molecule has 4 N–H and O–H groups in total. The standard InChI is InChI=1S/C10H20O4S4/c11-1-5-15-9(16-6-2-12)10(17-7-3-13)18-8-4-14/h11-14H,1-8H2. The minimum Gasteiger partial charge on any atom is -0.396 e. The van der Waals surface area contributed by atoms with Crippen LogP contribution < -0.4 is 0 Å². The average Bonchev–Trinajstić information content (AvgIpc) is 2.40. The van der Waals surface area contributed by atoms with E-state index in [1.165, 1.54) is 0 Å². The van der Waals surface area contributed by atoms with E-state index < -0.39 is 0 Å². The molecule has 0 saturated heterocycles. The molecule has 0 aromatic heterocycles. The van der Waals surface area contributed by atoms with Crippen LogP contribution in [0.15, 0.2) is 8.47 Å². The van der Waals surface area contributed by atoms with Gasteiger partial charge in [-0.3, -0.25) is 0 Å². The van der Waals surface area contributed by atoms with Crippen molar-refractivity contribution in [2.45, 2.75) is 0 Å². The normalized spacial score (nSPS) is 10.7. The van der Waals surface area contributed by atoms with Crippen molar-refractivity contribution < 1.29 is 20.4 Å². The fraction of sp³-hybridized carbons (Fsp3) is 0.800. The third-order valence-corrected chi connectivity index (χ3v) is 6.81. The highest BCUT2D eigenvalue weighted by Gasteiger charge is 2.10. The van der Waals surface area contributed by atoms with E-state index >= 15 is 0 Å². The molecule has 0 aliphatic carbocycles. The molecule has 0 unspecified atom stereocenters. The molecule has 0 aliphatic heterocycles. The van der Waals surface area contributed by atoms with Crippen LogP contribution in [0.3, 0.4) is 0 Å². The van der Waals surface area contributed by atoms with E-state index in [0.29, 0.717) is 23.0 Å². The van der Waals surface area contributed by atoms with Crippen molar-refractivity contribution in [3.63, 3.8) is 0 Å². The molecule has 0 aromatic rings. The summed E-state index contributed by atoms with van der Waals surface area (Å²) in [6.07, 6.45) is 0. The molecule has 18 heavy (non-hydrogen) atoms. The second-order valence-electron chi connectivity index (χ2n) is 2.86. The number of aliphatic hydroxyl groups is 4. The van der Waals surface area contributed by atoms with Gasteiger partial charge in [0.25, 0.3) is 0 Å². The summed E-state index contributed by atoms with van der Waals surface area (Å²) in [7, 11) is 0. The van der Waals surface area contributed by atoms with Crippen LogP contribution in [0.4, 0.5) is 0 Å². The van der Waals surface area contributed by atoms with Gasteiger partial charge in [-0.05, 0) is 0 Å². The van der Waals surface area contributed by atoms with E-state index in [0.717, 1.165) is 8.47 Å². The first-order valence-corrected chi connectivity index (χ1v) is 9.43. The van der Waals surface area contributed by atoms with Gasteiger partial charge in [0.2, 0.25) is 0 Å². The van der Waals surface area contributed by atoms with Gasteiger partial charge in [0.1, 0.15) is 0 Å². The summed E-state index contributed by atoms with van der Waals surface area (Å²) in [5.74, 6) is 2.43. The van der Waals surface area contributed by atoms with Crippen LogP contribution in [0.2, 0.25) is 0 Å². The quantitative estimate of drug-likeness (QED) is 0.422. The topological polar surface area (TPSA) is 80.9 Å². The van der Waals surface area contributed by atoms with Crippen LogP contribution in [0.1, 0.15) is 0 Å². The van der Waals surface area contributed by atoms with Crippen LogP contribution >= 0.6 is 47.0 Å². The molecular formula is C10H20O4S4. The molecule has 0 bridgehead atoms. The fourth-order valence-electron chi connectivity index (χ4n) is 0.872. The highest BCUT2D eigenvalue weighted by atomic mass is 32.2. The van der Waals surface area contributed by atoms with Crippen LogP contribution in [0, 0.1) is 0 Å². The Kier molecular flexibility index (Phi) is 15.2. The zero-order chi connectivity index (χ0) is 13.6. The summed E-state index contributed by atoms with van der Waals surface area (Å²) < 4.78 is 2.10. The monoisotopic (exact) mass is 332 g/mol. The van der Waals surface area contributed by atoms with E-state index in [2.05, 4.69) is 0 Å². The first kappa shape index (κ1) is 19.0. The van der Waals surface area contributed by atoms with Crippen molar-refractivity contribution in [1.29, 1.82) is 0 Å². The van der Waals surface area contributed by atoms with E-state index in [1.807, 2.05) is 0 Å². The summed E-state index contributed by atoms with van der Waals surface area (Å²) in [5.41, 5.74) is 0. The lowest BCUT2D eigenvalue weighted by Crippen LogP contribution is -1.94. The summed E-state index contributed by atoms with van der Waals surface area (Å²) in [6, 6.07) is 0. The molecule has 0 aliphatic rings. The molecule has 0 amide bonds. The van der Waals surface area contributed by atoms with Gasteiger partial charge in [-0.15, -0.1) is 47.0 Å². The van der Waals surface area contributed by atoms with Gasteiger partial charge in [0.05, 0.1) is 34.9 Å². The molecule has 8 heteroatoms. The predicted molar refractivity (Wildman–Crippen MR) is 85.2 cm³/mol. The lowest BCUT2D eigenvalue weighted by atomic mass is 10.9. The highest BCUT2D eigenvalue weighted by Crippen LogP contribution is 2.41. The van der Waals surface area contributed by atoms with Crippen molar-refractivity contribution in [1.82, 2.24) is 0 Å². The molecule has 0 aromatic carbocycles. The Labute approximate surface area is 125 Å². The third-order valence-electron chi connectivity index (χ3n) is 1.46. The van der Waals surface area contributed by atoms with E-state index in [4.69, 9.17) is 20.4 Å². The molecule has 0 spiro atoms. The molecule has 0 heterocycles. The summed E-state index contributed by atoms with van der Waals surface area (Å²) >= 11 is 6.19. The Balaban J connectivity index is 4.59.